The molecule has 0 spiro atoms. The van der Waals surface area contributed by atoms with E-state index >= 15 is 0 Å². The minimum Gasteiger partial charge on any atom is -0.480 e. The molecule has 2 N–H and O–H groups in total. The van der Waals surface area contributed by atoms with E-state index in [1.807, 2.05) is 36.4 Å². The Morgan fingerprint density at radius 2 is 1.55 bits per heavy atom. The Balaban J connectivity index is 2.06. The standard InChI is InChI=1S/C16H17NO3/c18-16(19)15(12-11-13-7-3-1-4-8-13)17(20)14-9-5-2-6-10-14/h1-10,15,20H,11-12H2,(H,18,19)/t15-/m0/s1. The number of anilines is 1. The fourth-order valence-corrected chi connectivity index (χ4v) is 2.06. The fourth-order valence-electron chi connectivity index (χ4n) is 2.06. The normalized spacial score (nSPS) is 11.8. The second-order valence-electron chi connectivity index (χ2n) is 4.56. The first kappa shape index (κ1) is 14.1. The van der Waals surface area contributed by atoms with Gasteiger partial charge in [0, 0.05) is 0 Å². The number of rotatable bonds is 6. The second-order valence-corrected chi connectivity index (χ2v) is 4.56. The molecule has 0 aliphatic carbocycles. The van der Waals surface area contributed by atoms with E-state index in [-0.39, 0.29) is 0 Å². The number of hydrogen-bond acceptors (Lipinski definition) is 3. The summed E-state index contributed by atoms with van der Waals surface area (Å²) in [7, 11) is 0. The van der Waals surface area contributed by atoms with Crippen LogP contribution in [-0.4, -0.2) is 22.3 Å². The molecule has 2 rings (SSSR count). The van der Waals surface area contributed by atoms with Crippen LogP contribution in [0, 0.1) is 0 Å². The Labute approximate surface area is 117 Å². The van der Waals surface area contributed by atoms with Crippen molar-refractivity contribution in [3.8, 4) is 0 Å². The van der Waals surface area contributed by atoms with Gasteiger partial charge in [-0.3, -0.25) is 5.21 Å². The van der Waals surface area contributed by atoms with E-state index in [0.717, 1.165) is 10.6 Å². The minimum atomic E-state index is -1.03. The Kier molecular flexibility index (Phi) is 4.74. The van der Waals surface area contributed by atoms with Crippen LogP contribution in [0.15, 0.2) is 60.7 Å². The number of para-hydroxylation sites is 1. The number of hydrogen-bond donors (Lipinski definition) is 2. The number of carboxylic acids is 1. The quantitative estimate of drug-likeness (QED) is 0.793. The Morgan fingerprint density at radius 1 is 1.00 bits per heavy atom. The van der Waals surface area contributed by atoms with E-state index in [1.54, 1.807) is 24.3 Å². The van der Waals surface area contributed by atoms with E-state index in [2.05, 4.69) is 0 Å². The first-order valence-electron chi connectivity index (χ1n) is 6.48. The van der Waals surface area contributed by atoms with Gasteiger partial charge in [0.05, 0.1) is 5.69 Å². The van der Waals surface area contributed by atoms with Gasteiger partial charge in [-0.2, -0.15) is 0 Å². The van der Waals surface area contributed by atoms with Crippen LogP contribution in [0.25, 0.3) is 0 Å². The van der Waals surface area contributed by atoms with Gasteiger partial charge in [0.1, 0.15) is 0 Å². The zero-order valence-corrected chi connectivity index (χ0v) is 11.0. The van der Waals surface area contributed by atoms with Gasteiger partial charge in [0.25, 0.3) is 0 Å². The molecule has 0 bridgehead atoms. The minimum absolute atomic E-state index is 0.338. The predicted molar refractivity (Wildman–Crippen MR) is 76.9 cm³/mol. The van der Waals surface area contributed by atoms with Gasteiger partial charge in [0.2, 0.25) is 0 Å². The lowest BCUT2D eigenvalue weighted by Crippen LogP contribution is -2.39. The molecule has 0 radical (unpaired) electrons. The average Bonchev–Trinajstić information content (AvgIpc) is 2.49. The average molecular weight is 271 g/mol. The molecule has 0 saturated heterocycles. The van der Waals surface area contributed by atoms with E-state index in [0.29, 0.717) is 18.5 Å². The molecule has 0 heterocycles. The van der Waals surface area contributed by atoms with Crippen LogP contribution in [0.4, 0.5) is 5.69 Å². The SMILES string of the molecule is O=C(O)[C@H](CCc1ccccc1)N(O)c1ccccc1. The highest BCUT2D eigenvalue weighted by atomic mass is 16.5. The van der Waals surface area contributed by atoms with Crippen molar-refractivity contribution in [3.05, 3.63) is 66.2 Å². The van der Waals surface area contributed by atoms with Gasteiger partial charge in [-0.05, 0) is 30.5 Å². The third-order valence-electron chi connectivity index (χ3n) is 3.15. The zero-order valence-electron chi connectivity index (χ0n) is 11.0. The predicted octanol–water partition coefficient (Wildman–Crippen LogP) is 2.97. The number of benzene rings is 2. The maximum Gasteiger partial charge on any atom is 0.328 e. The molecule has 0 unspecified atom stereocenters. The molecular formula is C16H17NO3. The highest BCUT2D eigenvalue weighted by molar-refractivity contribution is 5.77. The van der Waals surface area contributed by atoms with Crippen LogP contribution in [0.1, 0.15) is 12.0 Å². The van der Waals surface area contributed by atoms with Gasteiger partial charge in [-0.25, -0.2) is 9.86 Å². The summed E-state index contributed by atoms with van der Waals surface area (Å²) in [5.74, 6) is -1.03. The summed E-state index contributed by atoms with van der Waals surface area (Å²) in [5, 5.41) is 20.2. The van der Waals surface area contributed by atoms with Crippen molar-refractivity contribution in [1.82, 2.24) is 0 Å². The molecular weight excluding hydrogens is 254 g/mol. The highest BCUT2D eigenvalue weighted by Crippen LogP contribution is 2.17. The van der Waals surface area contributed by atoms with Gasteiger partial charge in [-0.1, -0.05) is 48.5 Å². The van der Waals surface area contributed by atoms with E-state index in [9.17, 15) is 15.1 Å². The summed E-state index contributed by atoms with van der Waals surface area (Å²) in [6.07, 6.45) is 0.937. The molecule has 0 aliphatic rings. The zero-order chi connectivity index (χ0) is 14.4. The summed E-state index contributed by atoms with van der Waals surface area (Å²) < 4.78 is 0. The van der Waals surface area contributed by atoms with E-state index in [4.69, 9.17) is 0 Å². The lowest BCUT2D eigenvalue weighted by molar-refractivity contribution is -0.140. The Bertz CT molecular complexity index is 542. The molecule has 1 atom stereocenters. The molecule has 20 heavy (non-hydrogen) atoms. The van der Waals surface area contributed by atoms with Crippen LogP contribution in [0.5, 0.6) is 0 Å². The largest absolute Gasteiger partial charge is 0.480 e. The van der Waals surface area contributed by atoms with Crippen LogP contribution >= 0.6 is 0 Å². The van der Waals surface area contributed by atoms with Crippen LogP contribution in [-0.2, 0) is 11.2 Å². The topological polar surface area (TPSA) is 60.8 Å². The molecule has 0 aliphatic heterocycles. The molecule has 0 saturated carbocycles. The molecule has 104 valence electrons. The smallest absolute Gasteiger partial charge is 0.328 e. The maximum atomic E-state index is 11.3. The number of carbonyl (C=O) groups is 1. The second kappa shape index (κ2) is 6.73. The fraction of sp³-hybridized carbons (Fsp3) is 0.188. The number of aryl methyl sites for hydroxylation is 1. The summed E-state index contributed by atoms with van der Waals surface area (Å²) >= 11 is 0. The molecule has 0 aromatic heterocycles. The van der Waals surface area contributed by atoms with Gasteiger partial charge in [0.15, 0.2) is 6.04 Å². The lowest BCUT2D eigenvalue weighted by atomic mass is 10.0. The maximum absolute atomic E-state index is 11.3. The molecule has 4 nitrogen and oxygen atoms in total. The van der Waals surface area contributed by atoms with Crippen molar-refractivity contribution in [2.24, 2.45) is 0 Å². The summed E-state index contributed by atoms with van der Waals surface area (Å²) in [6, 6.07) is 17.4. The third kappa shape index (κ3) is 3.59. The number of nitrogens with zero attached hydrogens (tertiary/aromatic N) is 1. The monoisotopic (exact) mass is 271 g/mol. The van der Waals surface area contributed by atoms with Crippen molar-refractivity contribution in [1.29, 1.82) is 0 Å². The number of carboxylic acid groups (broad SMARTS) is 1. The van der Waals surface area contributed by atoms with E-state index < -0.39 is 12.0 Å². The number of aliphatic carboxylic acids is 1. The van der Waals surface area contributed by atoms with Crippen molar-refractivity contribution < 1.29 is 15.1 Å². The first-order chi connectivity index (χ1) is 9.68. The van der Waals surface area contributed by atoms with Crippen molar-refractivity contribution in [3.63, 3.8) is 0 Å². The third-order valence-corrected chi connectivity index (χ3v) is 3.15. The molecule has 0 amide bonds. The number of hydroxylamine groups is 1. The van der Waals surface area contributed by atoms with Crippen molar-refractivity contribution in [2.75, 3.05) is 5.06 Å². The summed E-state index contributed by atoms with van der Waals surface area (Å²) in [6.45, 7) is 0. The Hall–Kier alpha value is -2.33. The molecule has 2 aromatic carbocycles. The molecule has 0 fully saturated rings. The first-order valence-corrected chi connectivity index (χ1v) is 6.48. The van der Waals surface area contributed by atoms with Crippen LogP contribution < -0.4 is 5.06 Å². The highest BCUT2D eigenvalue weighted by Gasteiger charge is 2.24. The van der Waals surface area contributed by atoms with E-state index in [1.165, 1.54) is 0 Å². The van der Waals surface area contributed by atoms with Gasteiger partial charge < -0.3 is 5.11 Å². The summed E-state index contributed by atoms with van der Waals surface area (Å²) in [5.41, 5.74) is 1.54. The van der Waals surface area contributed by atoms with Crippen LogP contribution in [0.3, 0.4) is 0 Å². The summed E-state index contributed by atoms with van der Waals surface area (Å²) in [4.78, 5) is 11.3. The lowest BCUT2D eigenvalue weighted by Gasteiger charge is -2.24. The van der Waals surface area contributed by atoms with Gasteiger partial charge >= 0.3 is 5.97 Å². The van der Waals surface area contributed by atoms with Crippen LogP contribution in [0.2, 0.25) is 0 Å². The van der Waals surface area contributed by atoms with Crippen molar-refractivity contribution in [2.45, 2.75) is 18.9 Å². The van der Waals surface area contributed by atoms with Crippen molar-refractivity contribution >= 4 is 11.7 Å². The Morgan fingerprint density at radius 3 is 2.10 bits per heavy atom. The molecule has 2 aromatic rings. The molecule has 4 heteroatoms. The van der Waals surface area contributed by atoms with Gasteiger partial charge in [-0.15, -0.1) is 0 Å².